The highest BCUT2D eigenvalue weighted by Crippen LogP contribution is 2.37. The van der Waals surface area contributed by atoms with Crippen molar-refractivity contribution in [3.8, 4) is 23.0 Å². The molecule has 0 saturated carbocycles. The Labute approximate surface area is 170 Å². The third kappa shape index (κ3) is 3.75. The molecule has 154 valence electrons. The maximum Gasteiger partial charge on any atom is 0.254 e. The summed E-state index contributed by atoms with van der Waals surface area (Å²) in [6.45, 7) is 2.86. The van der Waals surface area contributed by atoms with Crippen molar-refractivity contribution in [2.24, 2.45) is 11.7 Å². The van der Waals surface area contributed by atoms with Gasteiger partial charge in [0.15, 0.2) is 11.5 Å². The molecule has 29 heavy (non-hydrogen) atoms. The molecule has 2 heterocycles. The van der Waals surface area contributed by atoms with Gasteiger partial charge in [-0.15, -0.1) is 0 Å². The van der Waals surface area contributed by atoms with Crippen LogP contribution in [-0.4, -0.2) is 50.7 Å². The molecule has 2 aliphatic rings. The SMILES string of the molecule is COc1ccc(C(=O)N2C[C@@H]3CCN[C@@H]3C2)cc1Oc1cccc(OC)c1CN. The number of carbonyl (C=O) groups is 1. The maximum atomic E-state index is 13.1. The zero-order chi connectivity index (χ0) is 20.4. The van der Waals surface area contributed by atoms with Crippen LogP contribution in [0.5, 0.6) is 23.0 Å². The molecule has 0 radical (unpaired) electrons. The summed E-state index contributed by atoms with van der Waals surface area (Å²) in [6.07, 6.45) is 1.13. The van der Waals surface area contributed by atoms with Crippen molar-refractivity contribution >= 4 is 5.91 Å². The van der Waals surface area contributed by atoms with E-state index < -0.39 is 0 Å². The van der Waals surface area contributed by atoms with Crippen molar-refractivity contribution in [1.29, 1.82) is 0 Å². The average Bonchev–Trinajstić information content (AvgIpc) is 3.35. The third-order valence-electron chi connectivity index (χ3n) is 5.79. The highest BCUT2D eigenvalue weighted by atomic mass is 16.5. The average molecular weight is 397 g/mol. The van der Waals surface area contributed by atoms with Gasteiger partial charge >= 0.3 is 0 Å². The lowest BCUT2D eigenvalue weighted by atomic mass is 10.1. The van der Waals surface area contributed by atoms with Gasteiger partial charge in [0.05, 0.1) is 19.8 Å². The second kappa shape index (κ2) is 8.31. The minimum Gasteiger partial charge on any atom is -0.496 e. The van der Waals surface area contributed by atoms with Gasteiger partial charge in [0.25, 0.3) is 5.91 Å². The van der Waals surface area contributed by atoms with Gasteiger partial charge in [-0.05, 0) is 49.2 Å². The Hall–Kier alpha value is -2.77. The summed E-state index contributed by atoms with van der Waals surface area (Å²) in [5.74, 6) is 2.82. The lowest BCUT2D eigenvalue weighted by Crippen LogP contribution is -2.33. The molecule has 0 aromatic heterocycles. The van der Waals surface area contributed by atoms with Crippen molar-refractivity contribution in [3.63, 3.8) is 0 Å². The number of nitrogens with one attached hydrogen (secondary N) is 1. The summed E-state index contributed by atoms with van der Waals surface area (Å²) in [4.78, 5) is 15.0. The number of hydrogen-bond donors (Lipinski definition) is 2. The Morgan fingerprint density at radius 3 is 2.62 bits per heavy atom. The first-order valence-corrected chi connectivity index (χ1v) is 9.89. The van der Waals surface area contributed by atoms with Crippen molar-refractivity contribution < 1.29 is 19.0 Å². The van der Waals surface area contributed by atoms with Crippen molar-refractivity contribution in [3.05, 3.63) is 47.5 Å². The number of rotatable bonds is 6. The molecule has 0 bridgehead atoms. The predicted octanol–water partition coefficient (Wildman–Crippen LogP) is 2.39. The van der Waals surface area contributed by atoms with Crippen molar-refractivity contribution in [2.75, 3.05) is 33.9 Å². The number of amides is 1. The third-order valence-corrected chi connectivity index (χ3v) is 5.79. The lowest BCUT2D eigenvalue weighted by Gasteiger charge is -2.19. The molecule has 0 spiro atoms. The summed E-state index contributed by atoms with van der Waals surface area (Å²) >= 11 is 0. The van der Waals surface area contributed by atoms with Crippen LogP contribution in [0.15, 0.2) is 36.4 Å². The van der Waals surface area contributed by atoms with Crippen LogP contribution in [0.3, 0.4) is 0 Å². The minimum absolute atomic E-state index is 0.0124. The first-order chi connectivity index (χ1) is 14.1. The van der Waals surface area contributed by atoms with E-state index in [2.05, 4.69) is 5.32 Å². The smallest absolute Gasteiger partial charge is 0.254 e. The molecule has 1 amide bonds. The normalized spacial score (nSPS) is 20.4. The molecule has 3 N–H and O–H groups in total. The van der Waals surface area contributed by atoms with E-state index in [0.717, 1.165) is 31.6 Å². The Morgan fingerprint density at radius 1 is 1.10 bits per heavy atom. The number of benzene rings is 2. The van der Waals surface area contributed by atoms with E-state index in [1.54, 1.807) is 32.4 Å². The van der Waals surface area contributed by atoms with Crippen LogP contribution in [-0.2, 0) is 6.54 Å². The quantitative estimate of drug-likeness (QED) is 0.779. The number of methoxy groups -OCH3 is 2. The summed E-state index contributed by atoms with van der Waals surface area (Å²) in [6, 6.07) is 11.2. The van der Waals surface area contributed by atoms with E-state index in [-0.39, 0.29) is 12.5 Å². The van der Waals surface area contributed by atoms with Crippen LogP contribution >= 0.6 is 0 Å². The first-order valence-electron chi connectivity index (χ1n) is 9.89. The van der Waals surface area contributed by atoms with Crippen molar-refractivity contribution in [2.45, 2.75) is 19.0 Å². The zero-order valence-corrected chi connectivity index (χ0v) is 16.8. The minimum atomic E-state index is 0.0124. The number of fused-ring (bicyclic) bond motifs is 1. The molecular weight excluding hydrogens is 370 g/mol. The van der Waals surface area contributed by atoms with Gasteiger partial charge < -0.3 is 30.2 Å². The van der Waals surface area contributed by atoms with Gasteiger partial charge in [0.2, 0.25) is 0 Å². The molecule has 2 atom stereocenters. The highest BCUT2D eigenvalue weighted by Gasteiger charge is 2.38. The van der Waals surface area contributed by atoms with Crippen LogP contribution in [0, 0.1) is 5.92 Å². The highest BCUT2D eigenvalue weighted by molar-refractivity contribution is 5.95. The van der Waals surface area contributed by atoms with Crippen LogP contribution in [0.1, 0.15) is 22.3 Å². The number of carbonyl (C=O) groups excluding carboxylic acids is 1. The summed E-state index contributed by atoms with van der Waals surface area (Å²) in [5.41, 5.74) is 7.24. The van der Waals surface area contributed by atoms with E-state index >= 15 is 0 Å². The molecule has 2 aromatic rings. The monoisotopic (exact) mass is 397 g/mol. The number of ether oxygens (including phenoxy) is 3. The van der Waals surface area contributed by atoms with E-state index in [4.69, 9.17) is 19.9 Å². The molecule has 4 rings (SSSR count). The standard InChI is InChI=1S/C22H27N3O4/c1-27-18-4-3-5-19(16(18)11-23)29-21-10-14(6-7-20(21)28-2)22(26)25-12-15-8-9-24-17(15)13-25/h3-7,10,15,17,24H,8-9,11-13,23H2,1-2H3/t15-,17+/m0/s1. The van der Waals surface area contributed by atoms with Gasteiger partial charge in [-0.1, -0.05) is 6.07 Å². The molecule has 7 nitrogen and oxygen atoms in total. The summed E-state index contributed by atoms with van der Waals surface area (Å²) in [5, 5.41) is 3.48. The summed E-state index contributed by atoms with van der Waals surface area (Å²) in [7, 11) is 3.17. The van der Waals surface area contributed by atoms with Crippen LogP contribution < -0.4 is 25.3 Å². The van der Waals surface area contributed by atoms with Gasteiger partial charge in [-0.25, -0.2) is 0 Å². The topological polar surface area (TPSA) is 86.0 Å². The molecule has 2 aromatic carbocycles. The van der Waals surface area contributed by atoms with Gasteiger partial charge in [0.1, 0.15) is 11.5 Å². The van der Waals surface area contributed by atoms with Gasteiger partial charge in [0, 0.05) is 31.2 Å². The molecule has 0 aliphatic carbocycles. The molecule has 2 fully saturated rings. The Kier molecular flexibility index (Phi) is 5.60. The summed E-state index contributed by atoms with van der Waals surface area (Å²) < 4.78 is 16.9. The van der Waals surface area contributed by atoms with Crippen LogP contribution in [0.2, 0.25) is 0 Å². The van der Waals surface area contributed by atoms with Gasteiger partial charge in [-0.2, -0.15) is 0 Å². The maximum absolute atomic E-state index is 13.1. The van der Waals surface area contributed by atoms with Crippen LogP contribution in [0.4, 0.5) is 0 Å². The fourth-order valence-corrected chi connectivity index (χ4v) is 4.24. The Balaban J connectivity index is 1.60. The molecule has 0 unspecified atom stereocenters. The van der Waals surface area contributed by atoms with Gasteiger partial charge in [-0.3, -0.25) is 4.79 Å². The number of nitrogens with two attached hydrogens (primary N) is 1. The van der Waals surface area contributed by atoms with Crippen LogP contribution in [0.25, 0.3) is 0 Å². The fraction of sp³-hybridized carbons (Fsp3) is 0.409. The first kappa shape index (κ1) is 19.5. The van der Waals surface area contributed by atoms with E-state index in [0.29, 0.717) is 40.5 Å². The lowest BCUT2D eigenvalue weighted by molar-refractivity contribution is 0.0782. The number of likely N-dealkylation sites (tertiary alicyclic amines) is 1. The molecule has 7 heteroatoms. The zero-order valence-electron chi connectivity index (χ0n) is 16.8. The van der Waals surface area contributed by atoms with Crippen molar-refractivity contribution in [1.82, 2.24) is 10.2 Å². The number of hydrogen-bond acceptors (Lipinski definition) is 6. The molecule has 2 saturated heterocycles. The Bertz CT molecular complexity index is 890. The second-order valence-electron chi connectivity index (χ2n) is 7.43. The largest absolute Gasteiger partial charge is 0.496 e. The van der Waals surface area contributed by atoms with E-state index in [9.17, 15) is 4.79 Å². The van der Waals surface area contributed by atoms with E-state index in [1.165, 1.54) is 0 Å². The Morgan fingerprint density at radius 2 is 1.90 bits per heavy atom. The number of nitrogens with zero attached hydrogens (tertiary/aromatic N) is 1. The van der Waals surface area contributed by atoms with E-state index in [1.807, 2.05) is 23.1 Å². The predicted molar refractivity (Wildman–Crippen MR) is 110 cm³/mol. The molecule has 2 aliphatic heterocycles. The fourth-order valence-electron chi connectivity index (χ4n) is 4.24. The molecular formula is C22H27N3O4. The second-order valence-corrected chi connectivity index (χ2v) is 7.43.